The summed E-state index contributed by atoms with van der Waals surface area (Å²) in [7, 11) is -0.466. The van der Waals surface area contributed by atoms with Crippen LogP contribution in [0.4, 0.5) is 0 Å². The van der Waals surface area contributed by atoms with Gasteiger partial charge in [-0.25, -0.2) is 20.1 Å². The molecule has 0 unspecified atom stereocenters. The lowest BCUT2D eigenvalue weighted by atomic mass is 10.6. The maximum absolute atomic E-state index is 2.41. The van der Waals surface area contributed by atoms with Crippen molar-refractivity contribution >= 4 is 20.1 Å². The van der Waals surface area contributed by atoms with Crippen molar-refractivity contribution in [2.75, 3.05) is 49.0 Å². The standard InChI is InChI=1S/C9H24S2/c1-10(2,3)8-7-9-11(4,5)6/h7-9H2,1-6H3. The Labute approximate surface area is 75.8 Å². The predicted molar refractivity (Wildman–Crippen MR) is 65.1 cm³/mol. The van der Waals surface area contributed by atoms with Gasteiger partial charge in [-0.15, -0.1) is 0 Å². The molecule has 0 aromatic heterocycles. The minimum absolute atomic E-state index is 0.233. The van der Waals surface area contributed by atoms with Crippen LogP contribution < -0.4 is 0 Å². The first kappa shape index (κ1) is 11.7. The Morgan fingerprint density at radius 1 is 0.636 bits per heavy atom. The molecule has 11 heavy (non-hydrogen) atoms. The molecule has 0 N–H and O–H groups in total. The molecule has 0 fully saturated rings. The smallest absolute Gasteiger partial charge is 0.0228 e. The molecule has 0 spiro atoms. The van der Waals surface area contributed by atoms with Crippen molar-refractivity contribution in [3.05, 3.63) is 0 Å². The minimum atomic E-state index is -0.233. The largest absolute Gasteiger partial charge is 0.250 e. The second kappa shape index (κ2) is 4.08. The van der Waals surface area contributed by atoms with Crippen LogP contribution in [0.2, 0.25) is 0 Å². The third-order valence-corrected chi connectivity index (χ3v) is 4.54. The number of hydrogen-bond donors (Lipinski definition) is 0. The van der Waals surface area contributed by atoms with Crippen molar-refractivity contribution in [1.29, 1.82) is 0 Å². The molecule has 0 aromatic carbocycles. The first-order valence-electron chi connectivity index (χ1n) is 4.03. The Morgan fingerprint density at radius 2 is 0.909 bits per heavy atom. The van der Waals surface area contributed by atoms with E-state index in [1.165, 1.54) is 17.9 Å². The summed E-state index contributed by atoms with van der Waals surface area (Å²) in [6.45, 7) is 0. The van der Waals surface area contributed by atoms with Gasteiger partial charge >= 0.3 is 0 Å². The van der Waals surface area contributed by atoms with Gasteiger partial charge in [-0.2, -0.15) is 0 Å². The van der Waals surface area contributed by atoms with Crippen LogP contribution in [0.15, 0.2) is 0 Å². The van der Waals surface area contributed by atoms with Crippen LogP contribution in [0.1, 0.15) is 6.42 Å². The van der Waals surface area contributed by atoms with E-state index < -0.39 is 0 Å². The fourth-order valence-corrected chi connectivity index (χ4v) is 3.13. The van der Waals surface area contributed by atoms with Crippen molar-refractivity contribution in [3.8, 4) is 0 Å². The Balaban J connectivity index is 3.44. The van der Waals surface area contributed by atoms with Crippen molar-refractivity contribution in [1.82, 2.24) is 0 Å². The molecule has 0 heterocycles. The van der Waals surface area contributed by atoms with Crippen LogP contribution in [-0.2, 0) is 0 Å². The average Bonchev–Trinajstić information content (AvgIpc) is 1.55. The summed E-state index contributed by atoms with van der Waals surface area (Å²) in [5.41, 5.74) is 0. The highest BCUT2D eigenvalue weighted by molar-refractivity contribution is 8.32. The molecule has 0 bridgehead atoms. The Hall–Kier alpha value is 0.700. The molecule has 0 saturated carbocycles. The molecular weight excluding hydrogens is 172 g/mol. The molecule has 0 aliphatic carbocycles. The summed E-state index contributed by atoms with van der Waals surface area (Å²) in [4.78, 5) is 0. The molecule has 72 valence electrons. The minimum Gasteiger partial charge on any atom is -0.250 e. The van der Waals surface area contributed by atoms with E-state index in [1.807, 2.05) is 0 Å². The van der Waals surface area contributed by atoms with E-state index in [-0.39, 0.29) is 20.1 Å². The molecule has 0 aliphatic heterocycles. The van der Waals surface area contributed by atoms with Crippen molar-refractivity contribution < 1.29 is 0 Å². The van der Waals surface area contributed by atoms with Crippen LogP contribution in [0, 0.1) is 0 Å². The molecule has 0 aromatic rings. The van der Waals surface area contributed by atoms with Gasteiger partial charge in [0.15, 0.2) is 0 Å². The third kappa shape index (κ3) is 10.7. The summed E-state index contributed by atoms with van der Waals surface area (Å²) >= 11 is 0. The van der Waals surface area contributed by atoms with Gasteiger partial charge in [0.2, 0.25) is 0 Å². The molecule has 0 rings (SSSR count). The van der Waals surface area contributed by atoms with Crippen molar-refractivity contribution in [2.24, 2.45) is 0 Å². The molecule has 2 heteroatoms. The van der Waals surface area contributed by atoms with Gasteiger partial charge < -0.3 is 0 Å². The molecular formula is C9H24S2. The second-order valence-corrected chi connectivity index (χ2v) is 14.1. The highest BCUT2D eigenvalue weighted by Gasteiger charge is 2.07. The molecule has 0 saturated heterocycles. The van der Waals surface area contributed by atoms with Gasteiger partial charge in [0.25, 0.3) is 0 Å². The van der Waals surface area contributed by atoms with Gasteiger partial charge in [0.05, 0.1) is 0 Å². The zero-order valence-electron chi connectivity index (χ0n) is 8.94. The SMILES string of the molecule is CS(C)(C)CCCS(C)(C)C. The van der Waals surface area contributed by atoms with Crippen LogP contribution in [0.3, 0.4) is 0 Å². The van der Waals surface area contributed by atoms with Crippen LogP contribution in [0.5, 0.6) is 0 Å². The van der Waals surface area contributed by atoms with E-state index in [1.54, 1.807) is 0 Å². The Kier molecular flexibility index (Phi) is 4.34. The Morgan fingerprint density at radius 3 is 1.09 bits per heavy atom. The lowest BCUT2D eigenvalue weighted by molar-refractivity contribution is 1.11. The second-order valence-electron chi connectivity index (χ2n) is 4.94. The van der Waals surface area contributed by atoms with Gasteiger partial charge in [-0.1, -0.05) is 0 Å². The molecule has 0 aliphatic rings. The number of hydrogen-bond acceptors (Lipinski definition) is 0. The van der Waals surface area contributed by atoms with Gasteiger partial charge in [0.1, 0.15) is 0 Å². The van der Waals surface area contributed by atoms with Crippen LogP contribution >= 0.6 is 20.1 Å². The van der Waals surface area contributed by atoms with E-state index in [0.29, 0.717) is 0 Å². The predicted octanol–water partition coefficient (Wildman–Crippen LogP) is 2.76. The van der Waals surface area contributed by atoms with E-state index >= 15 is 0 Å². The molecule has 0 nitrogen and oxygen atoms in total. The monoisotopic (exact) mass is 196 g/mol. The van der Waals surface area contributed by atoms with Crippen LogP contribution in [-0.4, -0.2) is 49.0 Å². The van der Waals surface area contributed by atoms with Gasteiger partial charge in [-0.3, -0.25) is 0 Å². The Bertz CT molecular complexity index is 91.7. The van der Waals surface area contributed by atoms with Crippen molar-refractivity contribution in [2.45, 2.75) is 6.42 Å². The summed E-state index contributed by atoms with van der Waals surface area (Å²) in [6, 6.07) is 0. The molecule has 0 radical (unpaired) electrons. The van der Waals surface area contributed by atoms with Crippen molar-refractivity contribution in [3.63, 3.8) is 0 Å². The fourth-order valence-electron chi connectivity index (χ4n) is 0.925. The zero-order chi connectivity index (χ0) is 9.12. The quantitative estimate of drug-likeness (QED) is 0.649. The molecule has 0 amide bonds. The zero-order valence-corrected chi connectivity index (χ0v) is 10.6. The van der Waals surface area contributed by atoms with E-state index in [4.69, 9.17) is 0 Å². The lowest BCUT2D eigenvalue weighted by Crippen LogP contribution is -2.05. The van der Waals surface area contributed by atoms with Gasteiger partial charge in [0, 0.05) is 0 Å². The summed E-state index contributed by atoms with van der Waals surface area (Å²) in [5, 5.41) is 0. The summed E-state index contributed by atoms with van der Waals surface area (Å²) in [6.07, 6.45) is 15.9. The van der Waals surface area contributed by atoms with E-state index in [9.17, 15) is 0 Å². The maximum Gasteiger partial charge on any atom is -0.0228 e. The lowest BCUT2D eigenvalue weighted by Gasteiger charge is -2.29. The summed E-state index contributed by atoms with van der Waals surface area (Å²) < 4.78 is 0. The topological polar surface area (TPSA) is 0 Å². The first-order valence-corrected chi connectivity index (χ1v) is 10.1. The molecule has 0 atom stereocenters. The number of rotatable bonds is 4. The first-order chi connectivity index (χ1) is 4.71. The summed E-state index contributed by atoms with van der Waals surface area (Å²) in [5.74, 6) is 2.91. The average molecular weight is 196 g/mol. The highest BCUT2D eigenvalue weighted by Crippen LogP contribution is 2.40. The normalized spacial score (nSPS) is 16.5. The van der Waals surface area contributed by atoms with Gasteiger partial charge in [-0.05, 0) is 55.5 Å². The highest BCUT2D eigenvalue weighted by atomic mass is 32.3. The van der Waals surface area contributed by atoms with Crippen LogP contribution in [0.25, 0.3) is 0 Å². The third-order valence-electron chi connectivity index (χ3n) is 1.51. The maximum atomic E-state index is 2.41. The fraction of sp³-hybridized carbons (Fsp3) is 1.00. The van der Waals surface area contributed by atoms with E-state index in [0.717, 1.165) is 0 Å². The van der Waals surface area contributed by atoms with E-state index in [2.05, 4.69) is 37.5 Å².